The Morgan fingerprint density at radius 3 is 2.56 bits per heavy atom. The third-order valence-electron chi connectivity index (χ3n) is 4.86. The molecular formula is C21H27N3O. The number of rotatable bonds is 5. The summed E-state index contributed by atoms with van der Waals surface area (Å²) in [4.78, 5) is 14.5. The fourth-order valence-electron chi connectivity index (χ4n) is 3.38. The standard InChI is InChI=1S/C21H27N3O/c1-16-6-5-9-19(14-16)23-18-10-12-24(13-11-18)21(25)15-20(22)17-7-3-2-4-8-17/h2-9,14,18,20,23H,10-13,15,22H2,1H3. The molecule has 3 rings (SSSR count). The van der Waals surface area contributed by atoms with Crippen LogP contribution in [0.5, 0.6) is 0 Å². The Balaban J connectivity index is 1.47. The molecular weight excluding hydrogens is 310 g/mol. The molecule has 0 aromatic heterocycles. The second-order valence-electron chi connectivity index (χ2n) is 6.89. The highest BCUT2D eigenvalue weighted by Gasteiger charge is 2.24. The number of hydrogen-bond donors (Lipinski definition) is 2. The van der Waals surface area contributed by atoms with E-state index >= 15 is 0 Å². The van der Waals surface area contributed by atoms with Crippen molar-refractivity contribution in [1.82, 2.24) is 4.90 Å². The van der Waals surface area contributed by atoms with E-state index in [4.69, 9.17) is 5.73 Å². The molecule has 1 amide bonds. The number of carbonyl (C=O) groups excluding carboxylic acids is 1. The van der Waals surface area contributed by atoms with Crippen LogP contribution in [0.4, 0.5) is 5.69 Å². The average molecular weight is 337 g/mol. The Hall–Kier alpha value is -2.33. The molecule has 0 aliphatic carbocycles. The van der Waals surface area contributed by atoms with Crippen LogP contribution in [0, 0.1) is 6.92 Å². The van der Waals surface area contributed by atoms with Crippen molar-refractivity contribution in [3.8, 4) is 0 Å². The maximum absolute atomic E-state index is 12.5. The van der Waals surface area contributed by atoms with Gasteiger partial charge in [0, 0.05) is 37.3 Å². The van der Waals surface area contributed by atoms with Crippen molar-refractivity contribution in [2.24, 2.45) is 5.73 Å². The van der Waals surface area contributed by atoms with Gasteiger partial charge in [0.1, 0.15) is 0 Å². The van der Waals surface area contributed by atoms with Crippen molar-refractivity contribution in [2.75, 3.05) is 18.4 Å². The lowest BCUT2D eigenvalue weighted by Crippen LogP contribution is -2.43. The van der Waals surface area contributed by atoms with Gasteiger partial charge in [0.25, 0.3) is 0 Å². The Bertz CT molecular complexity index is 693. The monoisotopic (exact) mass is 337 g/mol. The molecule has 1 fully saturated rings. The number of anilines is 1. The highest BCUT2D eigenvalue weighted by Crippen LogP contribution is 2.20. The van der Waals surface area contributed by atoms with Crippen LogP contribution in [0.15, 0.2) is 54.6 Å². The third kappa shape index (κ3) is 4.83. The molecule has 4 nitrogen and oxygen atoms in total. The van der Waals surface area contributed by atoms with E-state index in [1.807, 2.05) is 35.2 Å². The van der Waals surface area contributed by atoms with Gasteiger partial charge in [0.05, 0.1) is 0 Å². The number of amides is 1. The molecule has 1 unspecified atom stereocenters. The number of nitrogens with one attached hydrogen (secondary N) is 1. The fourth-order valence-corrected chi connectivity index (χ4v) is 3.38. The Morgan fingerprint density at radius 2 is 1.88 bits per heavy atom. The molecule has 1 heterocycles. The van der Waals surface area contributed by atoms with Crippen LogP contribution in [0.25, 0.3) is 0 Å². The number of likely N-dealkylation sites (tertiary alicyclic amines) is 1. The smallest absolute Gasteiger partial charge is 0.224 e. The van der Waals surface area contributed by atoms with Gasteiger partial charge < -0.3 is 16.0 Å². The van der Waals surface area contributed by atoms with Gasteiger partial charge in [-0.05, 0) is 43.0 Å². The number of benzene rings is 2. The summed E-state index contributed by atoms with van der Waals surface area (Å²) in [5, 5.41) is 3.59. The van der Waals surface area contributed by atoms with E-state index in [1.165, 1.54) is 5.56 Å². The van der Waals surface area contributed by atoms with Crippen LogP contribution < -0.4 is 11.1 Å². The van der Waals surface area contributed by atoms with E-state index in [0.717, 1.165) is 37.2 Å². The number of carbonyl (C=O) groups is 1. The summed E-state index contributed by atoms with van der Waals surface area (Å²) < 4.78 is 0. The van der Waals surface area contributed by atoms with Gasteiger partial charge in [-0.1, -0.05) is 42.5 Å². The lowest BCUT2D eigenvalue weighted by molar-refractivity contribution is -0.132. The molecule has 1 aliphatic heterocycles. The summed E-state index contributed by atoms with van der Waals surface area (Å²) in [6.45, 7) is 3.69. The van der Waals surface area contributed by atoms with Crippen molar-refractivity contribution in [3.05, 3.63) is 65.7 Å². The Kier molecular flexibility index (Phi) is 5.71. The van der Waals surface area contributed by atoms with Crippen LogP contribution in [0.1, 0.15) is 36.4 Å². The van der Waals surface area contributed by atoms with Crippen LogP contribution in [-0.2, 0) is 4.79 Å². The molecule has 1 saturated heterocycles. The van der Waals surface area contributed by atoms with Crippen molar-refractivity contribution in [2.45, 2.75) is 38.3 Å². The van der Waals surface area contributed by atoms with Gasteiger partial charge in [0.2, 0.25) is 5.91 Å². The first-order valence-electron chi connectivity index (χ1n) is 9.03. The lowest BCUT2D eigenvalue weighted by Gasteiger charge is -2.33. The van der Waals surface area contributed by atoms with Crippen molar-refractivity contribution >= 4 is 11.6 Å². The fraction of sp³-hybridized carbons (Fsp3) is 0.381. The molecule has 1 aliphatic rings. The summed E-state index contributed by atoms with van der Waals surface area (Å²) in [5.41, 5.74) is 9.63. The van der Waals surface area contributed by atoms with E-state index in [2.05, 4.69) is 36.5 Å². The van der Waals surface area contributed by atoms with Gasteiger partial charge in [-0.15, -0.1) is 0 Å². The summed E-state index contributed by atoms with van der Waals surface area (Å²) in [7, 11) is 0. The number of aryl methyl sites for hydroxylation is 1. The quantitative estimate of drug-likeness (QED) is 0.878. The molecule has 4 heteroatoms. The molecule has 25 heavy (non-hydrogen) atoms. The average Bonchev–Trinajstić information content (AvgIpc) is 2.63. The normalized spacial score (nSPS) is 16.5. The third-order valence-corrected chi connectivity index (χ3v) is 4.86. The maximum atomic E-state index is 12.5. The molecule has 0 spiro atoms. The summed E-state index contributed by atoms with van der Waals surface area (Å²) in [5.74, 6) is 0.158. The van der Waals surface area contributed by atoms with Gasteiger partial charge in [-0.2, -0.15) is 0 Å². The van der Waals surface area contributed by atoms with Crippen LogP contribution in [0.2, 0.25) is 0 Å². The highest BCUT2D eigenvalue weighted by molar-refractivity contribution is 5.77. The highest BCUT2D eigenvalue weighted by atomic mass is 16.2. The SMILES string of the molecule is Cc1cccc(NC2CCN(C(=O)CC(N)c3ccccc3)CC2)c1. The van der Waals surface area contributed by atoms with Crippen LogP contribution >= 0.6 is 0 Å². The van der Waals surface area contributed by atoms with Crippen molar-refractivity contribution in [3.63, 3.8) is 0 Å². The summed E-state index contributed by atoms with van der Waals surface area (Å²) in [6, 6.07) is 18.5. The lowest BCUT2D eigenvalue weighted by atomic mass is 10.0. The van der Waals surface area contributed by atoms with Crippen LogP contribution in [-0.4, -0.2) is 29.9 Å². The minimum Gasteiger partial charge on any atom is -0.382 e. The number of nitrogens with two attached hydrogens (primary N) is 1. The zero-order valence-electron chi connectivity index (χ0n) is 14.8. The van der Waals surface area contributed by atoms with Gasteiger partial charge in [-0.3, -0.25) is 4.79 Å². The minimum absolute atomic E-state index is 0.158. The second-order valence-corrected chi connectivity index (χ2v) is 6.89. The topological polar surface area (TPSA) is 58.4 Å². The van der Waals surface area contributed by atoms with Gasteiger partial charge in [0.15, 0.2) is 0 Å². The molecule has 2 aromatic rings. The van der Waals surface area contributed by atoms with E-state index < -0.39 is 0 Å². The zero-order valence-corrected chi connectivity index (χ0v) is 14.8. The Morgan fingerprint density at radius 1 is 1.16 bits per heavy atom. The molecule has 1 atom stereocenters. The van der Waals surface area contributed by atoms with Gasteiger partial charge in [-0.25, -0.2) is 0 Å². The first kappa shape index (κ1) is 17.5. The molecule has 0 bridgehead atoms. The maximum Gasteiger partial charge on any atom is 0.224 e. The van der Waals surface area contributed by atoms with E-state index in [9.17, 15) is 4.79 Å². The summed E-state index contributed by atoms with van der Waals surface area (Å²) >= 11 is 0. The molecule has 3 N–H and O–H groups in total. The Labute approximate surface area is 150 Å². The predicted octanol–water partition coefficient (Wildman–Crippen LogP) is 3.49. The first-order valence-corrected chi connectivity index (χ1v) is 9.03. The molecule has 2 aromatic carbocycles. The second kappa shape index (κ2) is 8.17. The zero-order chi connectivity index (χ0) is 17.6. The largest absolute Gasteiger partial charge is 0.382 e. The molecule has 0 radical (unpaired) electrons. The van der Waals surface area contributed by atoms with Crippen LogP contribution in [0.3, 0.4) is 0 Å². The number of nitrogens with zero attached hydrogens (tertiary/aromatic N) is 1. The van der Waals surface area contributed by atoms with E-state index in [1.54, 1.807) is 0 Å². The van der Waals surface area contributed by atoms with Crippen molar-refractivity contribution in [1.29, 1.82) is 0 Å². The molecule has 132 valence electrons. The minimum atomic E-state index is -0.225. The number of piperidine rings is 1. The van der Waals surface area contributed by atoms with Crippen molar-refractivity contribution < 1.29 is 4.79 Å². The van der Waals surface area contributed by atoms with E-state index in [-0.39, 0.29) is 11.9 Å². The molecule has 0 saturated carbocycles. The number of hydrogen-bond acceptors (Lipinski definition) is 3. The first-order chi connectivity index (χ1) is 12.1. The summed E-state index contributed by atoms with van der Waals surface area (Å²) in [6.07, 6.45) is 2.32. The van der Waals surface area contributed by atoms with E-state index in [0.29, 0.717) is 12.5 Å². The predicted molar refractivity (Wildman–Crippen MR) is 102 cm³/mol. The van der Waals surface area contributed by atoms with Gasteiger partial charge >= 0.3 is 0 Å².